The summed E-state index contributed by atoms with van der Waals surface area (Å²) in [5.41, 5.74) is 6.83. The van der Waals surface area contributed by atoms with Crippen LogP contribution in [-0.4, -0.2) is 23.5 Å². The molecule has 0 fully saturated rings. The predicted molar refractivity (Wildman–Crippen MR) is 115 cm³/mol. The lowest BCUT2D eigenvalue weighted by Crippen LogP contribution is -2.49. The van der Waals surface area contributed by atoms with E-state index in [1.54, 1.807) is 6.07 Å². The zero-order valence-electron chi connectivity index (χ0n) is 15.7. The number of para-hydroxylation sites is 1. The molecule has 6 nitrogen and oxygen atoms in total. The van der Waals surface area contributed by atoms with E-state index in [-0.39, 0.29) is 17.3 Å². The highest BCUT2D eigenvalue weighted by molar-refractivity contribution is 7.80. The van der Waals surface area contributed by atoms with Gasteiger partial charge in [0.1, 0.15) is 11.6 Å². The number of benzene rings is 3. The van der Waals surface area contributed by atoms with Gasteiger partial charge >= 0.3 is 0 Å². The van der Waals surface area contributed by atoms with Crippen LogP contribution >= 0.6 is 12.2 Å². The summed E-state index contributed by atoms with van der Waals surface area (Å²) in [7, 11) is 0. The van der Waals surface area contributed by atoms with Gasteiger partial charge in [-0.05, 0) is 48.1 Å². The second-order valence-corrected chi connectivity index (χ2v) is 6.52. The monoisotopic (exact) mass is 423 g/mol. The molecule has 152 valence electrons. The number of halogens is 1. The highest BCUT2D eigenvalue weighted by atomic mass is 32.1. The van der Waals surface area contributed by atoms with Crippen molar-refractivity contribution in [1.82, 2.24) is 16.2 Å². The largest absolute Gasteiger partial charge is 0.483 e. The molecule has 3 N–H and O–H groups in total. The van der Waals surface area contributed by atoms with E-state index >= 15 is 0 Å². The summed E-state index contributed by atoms with van der Waals surface area (Å²) in [4.78, 5) is 24.0. The van der Waals surface area contributed by atoms with Gasteiger partial charge in [-0.25, -0.2) is 4.39 Å². The summed E-state index contributed by atoms with van der Waals surface area (Å²) in [5.74, 6) is -0.912. The molecule has 8 heteroatoms. The fourth-order valence-corrected chi connectivity index (χ4v) is 2.71. The zero-order valence-corrected chi connectivity index (χ0v) is 16.5. The van der Waals surface area contributed by atoms with Crippen LogP contribution in [0.5, 0.6) is 5.75 Å². The number of rotatable bonds is 5. The van der Waals surface area contributed by atoms with E-state index in [1.807, 2.05) is 48.5 Å². The van der Waals surface area contributed by atoms with E-state index < -0.39 is 17.6 Å². The van der Waals surface area contributed by atoms with Crippen LogP contribution in [-0.2, 0) is 4.79 Å². The first kappa shape index (κ1) is 20.9. The van der Waals surface area contributed by atoms with Crippen molar-refractivity contribution in [1.29, 1.82) is 0 Å². The first-order valence-corrected chi connectivity index (χ1v) is 9.37. The average Bonchev–Trinajstić information content (AvgIpc) is 2.77. The molecule has 2 amide bonds. The summed E-state index contributed by atoms with van der Waals surface area (Å²) in [6.07, 6.45) is 0. The highest BCUT2D eigenvalue weighted by Crippen LogP contribution is 2.29. The standard InChI is InChI=1S/C22H18FN3O3S/c23-17-12-10-16(11-13-17)21(28)24-22(30)26-25-20(27)14-29-19-9-5-4-8-18(19)15-6-2-1-3-7-15/h1-13H,14H2,(H,25,27)(H2,24,26,28,30). The van der Waals surface area contributed by atoms with Crippen LogP contribution in [0.25, 0.3) is 11.1 Å². The molecule has 0 aliphatic heterocycles. The quantitative estimate of drug-likeness (QED) is 0.434. The maximum Gasteiger partial charge on any atom is 0.276 e. The lowest BCUT2D eigenvalue weighted by Gasteiger charge is -2.13. The van der Waals surface area contributed by atoms with E-state index in [2.05, 4.69) is 16.2 Å². The minimum atomic E-state index is -0.533. The van der Waals surface area contributed by atoms with Gasteiger partial charge in [-0.2, -0.15) is 0 Å². The molecule has 0 radical (unpaired) electrons. The van der Waals surface area contributed by atoms with Crippen molar-refractivity contribution >= 4 is 29.1 Å². The van der Waals surface area contributed by atoms with Crippen molar-refractivity contribution < 1.29 is 18.7 Å². The number of hydrogen-bond acceptors (Lipinski definition) is 4. The zero-order chi connectivity index (χ0) is 21.3. The van der Waals surface area contributed by atoms with Crippen molar-refractivity contribution in [3.05, 3.63) is 90.2 Å². The summed E-state index contributed by atoms with van der Waals surface area (Å²) in [6, 6.07) is 22.0. The van der Waals surface area contributed by atoms with Crippen molar-refractivity contribution in [2.45, 2.75) is 0 Å². The maximum atomic E-state index is 12.9. The van der Waals surface area contributed by atoms with E-state index in [4.69, 9.17) is 17.0 Å². The molecule has 0 aliphatic carbocycles. The third-order valence-corrected chi connectivity index (χ3v) is 4.18. The van der Waals surface area contributed by atoms with Crippen LogP contribution in [0.4, 0.5) is 4.39 Å². The van der Waals surface area contributed by atoms with Gasteiger partial charge in [0.15, 0.2) is 11.7 Å². The summed E-state index contributed by atoms with van der Waals surface area (Å²) >= 11 is 4.96. The Balaban J connectivity index is 1.48. The molecule has 0 spiro atoms. The highest BCUT2D eigenvalue weighted by Gasteiger charge is 2.10. The number of ether oxygens (including phenoxy) is 1. The van der Waals surface area contributed by atoms with Gasteiger partial charge in [-0.15, -0.1) is 0 Å². The molecule has 0 saturated heterocycles. The molecule has 3 rings (SSSR count). The molecule has 0 aromatic heterocycles. The normalized spacial score (nSPS) is 10.0. The number of thiocarbonyl (C=S) groups is 1. The van der Waals surface area contributed by atoms with Gasteiger partial charge in [-0.1, -0.05) is 48.5 Å². The number of amides is 2. The van der Waals surface area contributed by atoms with Crippen LogP contribution in [0, 0.1) is 5.82 Å². The first-order valence-electron chi connectivity index (χ1n) is 8.96. The third kappa shape index (κ3) is 5.86. The second kappa shape index (κ2) is 10.1. The van der Waals surface area contributed by atoms with Crippen molar-refractivity contribution in [2.24, 2.45) is 0 Å². The summed E-state index contributed by atoms with van der Waals surface area (Å²) in [5, 5.41) is 2.27. The van der Waals surface area contributed by atoms with Gasteiger partial charge in [0.05, 0.1) is 0 Å². The predicted octanol–water partition coefficient (Wildman–Crippen LogP) is 3.21. The Hall–Kier alpha value is -3.78. The number of carbonyl (C=O) groups excluding carboxylic acids is 2. The van der Waals surface area contributed by atoms with Crippen LogP contribution in [0.15, 0.2) is 78.9 Å². The van der Waals surface area contributed by atoms with Crippen LogP contribution in [0.1, 0.15) is 10.4 Å². The summed E-state index contributed by atoms with van der Waals surface area (Å²) in [6.45, 7) is -0.259. The molecule has 0 saturated carbocycles. The molecule has 0 heterocycles. The molecular weight excluding hydrogens is 405 g/mol. The van der Waals surface area contributed by atoms with E-state index in [0.29, 0.717) is 5.75 Å². The van der Waals surface area contributed by atoms with Crippen LogP contribution in [0.3, 0.4) is 0 Å². The number of hydrazine groups is 1. The average molecular weight is 423 g/mol. The van der Waals surface area contributed by atoms with Crippen molar-refractivity contribution in [3.63, 3.8) is 0 Å². The van der Waals surface area contributed by atoms with Crippen molar-refractivity contribution in [3.8, 4) is 16.9 Å². The molecule has 0 aliphatic rings. The fraction of sp³-hybridized carbons (Fsp3) is 0.0455. The van der Waals surface area contributed by atoms with Gasteiger partial charge in [0.2, 0.25) is 0 Å². The Labute approximate surface area is 178 Å². The molecule has 0 bridgehead atoms. The lowest BCUT2D eigenvalue weighted by molar-refractivity contribution is -0.123. The Bertz CT molecular complexity index is 1040. The third-order valence-electron chi connectivity index (χ3n) is 3.98. The van der Waals surface area contributed by atoms with E-state index in [0.717, 1.165) is 23.3 Å². The molecule has 0 unspecified atom stereocenters. The van der Waals surface area contributed by atoms with Crippen LogP contribution < -0.4 is 20.9 Å². The maximum absolute atomic E-state index is 12.9. The minimum absolute atomic E-state index is 0.109. The molecule has 30 heavy (non-hydrogen) atoms. The lowest BCUT2D eigenvalue weighted by atomic mass is 10.1. The first-order chi connectivity index (χ1) is 14.5. The van der Waals surface area contributed by atoms with Gasteiger partial charge in [-0.3, -0.25) is 25.8 Å². The van der Waals surface area contributed by atoms with E-state index in [9.17, 15) is 14.0 Å². The second-order valence-electron chi connectivity index (χ2n) is 6.11. The Morgan fingerprint density at radius 1 is 0.867 bits per heavy atom. The number of carbonyl (C=O) groups is 2. The molecule has 3 aromatic carbocycles. The van der Waals surface area contributed by atoms with Gasteiger partial charge in [0.25, 0.3) is 11.8 Å². The number of hydrogen-bond donors (Lipinski definition) is 3. The Morgan fingerprint density at radius 2 is 1.53 bits per heavy atom. The molecular formula is C22H18FN3O3S. The Kier molecular flexibility index (Phi) is 7.07. The van der Waals surface area contributed by atoms with Gasteiger partial charge in [0, 0.05) is 11.1 Å². The minimum Gasteiger partial charge on any atom is -0.483 e. The fourth-order valence-electron chi connectivity index (χ4n) is 2.56. The Morgan fingerprint density at radius 3 is 2.27 bits per heavy atom. The van der Waals surface area contributed by atoms with Crippen LogP contribution in [0.2, 0.25) is 0 Å². The van der Waals surface area contributed by atoms with E-state index in [1.165, 1.54) is 12.1 Å². The van der Waals surface area contributed by atoms with Gasteiger partial charge < -0.3 is 4.74 Å². The SMILES string of the molecule is O=C(COc1ccccc1-c1ccccc1)NNC(=S)NC(=O)c1ccc(F)cc1. The smallest absolute Gasteiger partial charge is 0.276 e. The summed E-state index contributed by atoms with van der Waals surface area (Å²) < 4.78 is 18.5. The number of nitrogens with one attached hydrogen (secondary N) is 3. The topological polar surface area (TPSA) is 79.5 Å². The molecule has 3 aromatic rings. The molecule has 0 atom stereocenters. The van der Waals surface area contributed by atoms with Crippen molar-refractivity contribution in [2.75, 3.05) is 6.61 Å².